The Labute approximate surface area is 216 Å². The van der Waals surface area contributed by atoms with Crippen molar-refractivity contribution in [1.29, 1.82) is 0 Å². The summed E-state index contributed by atoms with van der Waals surface area (Å²) >= 11 is 0. The minimum Gasteiger partial charge on any atom is -0.394 e. The number of hydrogen-bond donors (Lipinski definition) is 6. The molecule has 6 nitrogen and oxygen atoms in total. The van der Waals surface area contributed by atoms with Gasteiger partial charge in [-0.25, -0.2) is 0 Å². The van der Waals surface area contributed by atoms with Crippen LogP contribution < -0.4 is 0 Å². The van der Waals surface area contributed by atoms with Crippen LogP contribution in [0.2, 0.25) is 0 Å². The van der Waals surface area contributed by atoms with Gasteiger partial charge in [0.25, 0.3) is 0 Å². The Morgan fingerprint density at radius 2 is 0.972 bits per heavy atom. The summed E-state index contributed by atoms with van der Waals surface area (Å²) in [7, 11) is 0. The molecule has 0 fully saturated rings. The van der Waals surface area contributed by atoms with Crippen molar-refractivity contribution >= 4 is 0 Å². The van der Waals surface area contributed by atoms with Crippen LogP contribution in [-0.2, 0) is 12.8 Å². The second-order valence-corrected chi connectivity index (χ2v) is 11.0. The van der Waals surface area contributed by atoms with Gasteiger partial charge in [-0.2, -0.15) is 0 Å². The summed E-state index contributed by atoms with van der Waals surface area (Å²) in [4.78, 5) is 0. The molecule has 202 valence electrons. The van der Waals surface area contributed by atoms with Gasteiger partial charge in [-0.3, -0.25) is 0 Å². The van der Waals surface area contributed by atoms with Gasteiger partial charge in [-0.1, -0.05) is 83.1 Å². The molecule has 0 aliphatic rings. The van der Waals surface area contributed by atoms with Gasteiger partial charge in [0.15, 0.2) is 0 Å². The van der Waals surface area contributed by atoms with Crippen LogP contribution in [0.5, 0.6) is 0 Å². The molecule has 3 unspecified atom stereocenters. The fourth-order valence-corrected chi connectivity index (χ4v) is 4.74. The van der Waals surface area contributed by atoms with Gasteiger partial charge in [-0.15, -0.1) is 0 Å². The standard InChI is InChI=1S/C30H46O6/c1-18(2)23-10-6-21(7-11-23)14-20(5)15-25(16-22-8-12-24(13-9-22)19(3)4)27(33)29(35)30(36)28(34)26(32)17-31/h6-13,18-20,25-36H,14-17H2,1-5H3/t20?,25?,26-,27?,28+,29+,30-/m0/s1. The third-order valence-electron chi connectivity index (χ3n) is 7.19. The summed E-state index contributed by atoms with van der Waals surface area (Å²) in [5.74, 6) is 0.648. The van der Waals surface area contributed by atoms with E-state index in [1.807, 2.05) is 12.1 Å². The molecule has 2 aromatic rings. The van der Waals surface area contributed by atoms with E-state index in [9.17, 15) is 25.5 Å². The lowest BCUT2D eigenvalue weighted by molar-refractivity contribution is -0.149. The van der Waals surface area contributed by atoms with Crippen LogP contribution >= 0.6 is 0 Å². The van der Waals surface area contributed by atoms with E-state index in [1.165, 1.54) is 16.7 Å². The van der Waals surface area contributed by atoms with E-state index < -0.39 is 43.0 Å². The molecule has 6 N–H and O–H groups in total. The molecule has 0 aliphatic heterocycles. The quantitative estimate of drug-likeness (QED) is 0.236. The molecule has 0 saturated heterocycles. The first-order valence-electron chi connectivity index (χ1n) is 13.1. The topological polar surface area (TPSA) is 121 Å². The summed E-state index contributed by atoms with van der Waals surface area (Å²) in [6.07, 6.45) is -6.33. The summed E-state index contributed by atoms with van der Waals surface area (Å²) in [5.41, 5.74) is 4.70. The smallest absolute Gasteiger partial charge is 0.111 e. The highest BCUT2D eigenvalue weighted by Crippen LogP contribution is 2.28. The molecule has 0 bridgehead atoms. The van der Waals surface area contributed by atoms with Crippen molar-refractivity contribution in [2.75, 3.05) is 6.61 Å². The molecule has 6 heteroatoms. The Morgan fingerprint density at radius 1 is 0.556 bits per heavy atom. The lowest BCUT2D eigenvalue weighted by atomic mass is 9.80. The van der Waals surface area contributed by atoms with Crippen LogP contribution in [0.15, 0.2) is 48.5 Å². The summed E-state index contributed by atoms with van der Waals surface area (Å²) in [6, 6.07) is 16.7. The fraction of sp³-hybridized carbons (Fsp3) is 0.600. The summed E-state index contributed by atoms with van der Waals surface area (Å²) in [5, 5.41) is 61.0. The van der Waals surface area contributed by atoms with Crippen LogP contribution in [0.4, 0.5) is 0 Å². The SMILES string of the molecule is CC(Cc1ccc(C(C)C)cc1)CC(Cc1ccc(C(C)C)cc1)C(O)[C@@H](O)[C@@H](O)[C@H](O)[C@@H](O)CO. The van der Waals surface area contributed by atoms with Gasteiger partial charge in [0.1, 0.15) is 24.4 Å². The fourth-order valence-electron chi connectivity index (χ4n) is 4.74. The lowest BCUT2D eigenvalue weighted by Gasteiger charge is -2.34. The first-order chi connectivity index (χ1) is 16.9. The first-order valence-corrected chi connectivity index (χ1v) is 13.1. The molecule has 0 aliphatic carbocycles. The minimum atomic E-state index is -1.80. The minimum absolute atomic E-state index is 0.182. The summed E-state index contributed by atoms with van der Waals surface area (Å²) < 4.78 is 0. The van der Waals surface area contributed by atoms with Crippen LogP contribution in [0.25, 0.3) is 0 Å². The Morgan fingerprint density at radius 3 is 1.39 bits per heavy atom. The third-order valence-corrected chi connectivity index (χ3v) is 7.19. The number of rotatable bonds is 14. The van der Waals surface area contributed by atoms with Gasteiger partial charge in [0.2, 0.25) is 0 Å². The van der Waals surface area contributed by atoms with E-state index in [0.717, 1.165) is 12.0 Å². The Balaban J connectivity index is 2.19. The molecule has 0 amide bonds. The zero-order chi connectivity index (χ0) is 27.0. The lowest BCUT2D eigenvalue weighted by Crippen LogP contribution is -2.52. The van der Waals surface area contributed by atoms with Crippen molar-refractivity contribution < 1.29 is 30.6 Å². The molecule has 36 heavy (non-hydrogen) atoms. The van der Waals surface area contributed by atoms with E-state index >= 15 is 0 Å². The van der Waals surface area contributed by atoms with Crippen molar-refractivity contribution in [3.8, 4) is 0 Å². The normalized spacial score (nSPS) is 18.0. The van der Waals surface area contributed by atoms with Crippen LogP contribution in [0.3, 0.4) is 0 Å². The van der Waals surface area contributed by atoms with E-state index in [1.54, 1.807) is 0 Å². The molecule has 7 atom stereocenters. The Kier molecular flexibility index (Phi) is 12.0. The van der Waals surface area contributed by atoms with Crippen molar-refractivity contribution in [2.45, 2.75) is 96.2 Å². The summed E-state index contributed by atoms with van der Waals surface area (Å²) in [6.45, 7) is 9.91. The largest absolute Gasteiger partial charge is 0.394 e. The average Bonchev–Trinajstić information content (AvgIpc) is 2.86. The van der Waals surface area contributed by atoms with Gasteiger partial charge < -0.3 is 30.6 Å². The van der Waals surface area contributed by atoms with E-state index in [2.05, 4.69) is 71.0 Å². The Hall–Kier alpha value is -1.80. The van der Waals surface area contributed by atoms with E-state index in [0.29, 0.717) is 24.7 Å². The second-order valence-electron chi connectivity index (χ2n) is 11.0. The molecule has 0 aromatic heterocycles. The second kappa shape index (κ2) is 14.2. The molecule has 0 heterocycles. The monoisotopic (exact) mass is 502 g/mol. The number of aliphatic hydroxyl groups is 6. The molecule has 0 saturated carbocycles. The van der Waals surface area contributed by atoms with Gasteiger partial charge >= 0.3 is 0 Å². The van der Waals surface area contributed by atoms with Crippen molar-refractivity contribution in [1.82, 2.24) is 0 Å². The zero-order valence-corrected chi connectivity index (χ0v) is 22.3. The molecular formula is C30H46O6. The highest BCUT2D eigenvalue weighted by Gasteiger charge is 2.37. The highest BCUT2D eigenvalue weighted by atomic mass is 16.4. The van der Waals surface area contributed by atoms with E-state index in [-0.39, 0.29) is 5.92 Å². The number of benzene rings is 2. The average molecular weight is 503 g/mol. The highest BCUT2D eigenvalue weighted by molar-refractivity contribution is 5.26. The number of hydrogen-bond acceptors (Lipinski definition) is 6. The molecule has 2 aromatic carbocycles. The van der Waals surface area contributed by atoms with Crippen LogP contribution in [-0.4, -0.2) is 67.8 Å². The van der Waals surface area contributed by atoms with Crippen LogP contribution in [0.1, 0.15) is 75.1 Å². The van der Waals surface area contributed by atoms with Gasteiger partial charge in [0, 0.05) is 0 Å². The first kappa shape index (κ1) is 30.4. The van der Waals surface area contributed by atoms with Crippen molar-refractivity contribution in [3.05, 3.63) is 70.8 Å². The van der Waals surface area contributed by atoms with Gasteiger partial charge in [0.05, 0.1) is 12.7 Å². The van der Waals surface area contributed by atoms with Gasteiger partial charge in [-0.05, 0) is 65.2 Å². The van der Waals surface area contributed by atoms with Crippen molar-refractivity contribution in [3.63, 3.8) is 0 Å². The maximum atomic E-state index is 11.1. The Bertz CT molecular complexity index is 879. The molecule has 2 rings (SSSR count). The molecular weight excluding hydrogens is 456 g/mol. The maximum absolute atomic E-state index is 11.1. The molecule has 0 spiro atoms. The number of aliphatic hydroxyl groups excluding tert-OH is 6. The van der Waals surface area contributed by atoms with E-state index in [4.69, 9.17) is 5.11 Å². The predicted molar refractivity (Wildman–Crippen MR) is 143 cm³/mol. The third kappa shape index (κ3) is 8.65. The maximum Gasteiger partial charge on any atom is 0.111 e. The van der Waals surface area contributed by atoms with Crippen molar-refractivity contribution in [2.24, 2.45) is 11.8 Å². The molecule has 0 radical (unpaired) electrons. The predicted octanol–water partition coefficient (Wildman–Crippen LogP) is 3.16. The zero-order valence-electron chi connectivity index (χ0n) is 22.3. The van der Waals surface area contributed by atoms with Crippen LogP contribution in [0, 0.1) is 11.8 Å².